The average Bonchev–Trinajstić information content (AvgIpc) is 1.38. The predicted molar refractivity (Wildman–Crippen MR) is 373 cm³/mol. The van der Waals surface area contributed by atoms with Crippen molar-refractivity contribution >= 4 is 175 Å². The van der Waals surface area contributed by atoms with Gasteiger partial charge in [-0.3, -0.25) is 0 Å². The normalized spacial score (nSPS) is 13.0. The number of nitrogens with zero attached hydrogens (tertiary/aromatic N) is 5. The van der Waals surface area contributed by atoms with Crippen LogP contribution >= 0.6 is 0 Å². The van der Waals surface area contributed by atoms with E-state index in [4.69, 9.17) is 0 Å². The molecule has 6 heteroatoms. The molecule has 0 bridgehead atoms. The predicted octanol–water partition coefficient (Wildman–Crippen LogP) is 18.9. The fraction of sp³-hybridized carbons (Fsp3) is 0. The van der Waals surface area contributed by atoms with Crippen LogP contribution in [0.1, 0.15) is 0 Å². The van der Waals surface area contributed by atoms with Gasteiger partial charge in [0.05, 0.1) is 83.6 Å². The van der Waals surface area contributed by atoms with Crippen LogP contribution < -0.4 is 16.4 Å². The third-order valence-electron chi connectivity index (χ3n) is 20.5. The van der Waals surface area contributed by atoms with E-state index in [1.54, 1.807) is 0 Å². The lowest BCUT2D eigenvalue weighted by Gasteiger charge is -2.39. The summed E-state index contributed by atoms with van der Waals surface area (Å²) in [4.78, 5) is 0. The Morgan fingerprint density at radius 1 is 0.193 bits per heavy atom. The maximum atomic E-state index is 2.77. The van der Waals surface area contributed by atoms with E-state index < -0.39 is 0 Å². The Kier molecular flexibility index (Phi) is 8.44. The number of hydrogen-bond acceptors (Lipinski definition) is 0. The fourth-order valence-electron chi connectivity index (χ4n) is 17.3. The minimum absolute atomic E-state index is 0.249. The summed E-state index contributed by atoms with van der Waals surface area (Å²) in [5.74, 6) is 0. The quantitative estimate of drug-likeness (QED) is 0.158. The largest absolute Gasteiger partial charge is 0.308 e. The monoisotopic (exact) mass is 1110 g/mol. The van der Waals surface area contributed by atoms with Gasteiger partial charge in [-0.1, -0.05) is 231 Å². The highest BCUT2D eigenvalue weighted by molar-refractivity contribution is 7.01. The van der Waals surface area contributed by atoms with Crippen molar-refractivity contribution in [2.45, 2.75) is 0 Å². The zero-order chi connectivity index (χ0) is 56.8. The van der Waals surface area contributed by atoms with Crippen molar-refractivity contribution in [2.75, 3.05) is 0 Å². The van der Waals surface area contributed by atoms with E-state index in [2.05, 4.69) is 302 Å². The van der Waals surface area contributed by atoms with Crippen LogP contribution in [-0.4, -0.2) is 29.5 Å². The molecule has 0 unspecified atom stereocenters. The lowest BCUT2D eigenvalue weighted by Crippen LogP contribution is -2.60. The molecule has 0 radical (unpaired) electrons. The number of para-hydroxylation sites is 6. The Labute approximate surface area is 502 Å². The summed E-state index contributed by atoms with van der Waals surface area (Å²) in [6.45, 7) is -0.249. The molecule has 0 N–H and O–H groups in total. The van der Waals surface area contributed by atoms with Crippen molar-refractivity contribution in [2.24, 2.45) is 0 Å². The maximum Gasteiger partial charge on any atom is 0.252 e. The van der Waals surface area contributed by atoms with Gasteiger partial charge in [0.25, 0.3) is 6.71 Å². The van der Waals surface area contributed by atoms with E-state index in [0.29, 0.717) is 0 Å². The van der Waals surface area contributed by atoms with Crippen LogP contribution in [0.15, 0.2) is 279 Å². The highest BCUT2D eigenvalue weighted by atomic mass is 15.2. The van der Waals surface area contributed by atoms with Gasteiger partial charge in [0.1, 0.15) is 0 Å². The molecule has 7 heterocycles. The van der Waals surface area contributed by atoms with Gasteiger partial charge in [-0.25, -0.2) is 0 Å². The van der Waals surface area contributed by atoms with Gasteiger partial charge >= 0.3 is 0 Å². The SMILES string of the molecule is c1ccc2c(c1)ccc1c2c2c3ccccc3cc3c2n1-c1c2c(c(-n4c5ccccc5c5ccccc54)c(-n4c5ccccc5c5ccccc54)c1-n1c4ccccc4c4ccccc41)-n1c4ccc5ccccc5c4c4c5ccccc5cc(c41)B23. The van der Waals surface area contributed by atoms with Crippen LogP contribution in [0.25, 0.3) is 181 Å². The highest BCUT2D eigenvalue weighted by Gasteiger charge is 2.47. The van der Waals surface area contributed by atoms with Gasteiger partial charge in [0, 0.05) is 53.9 Å². The second-order valence-corrected chi connectivity index (χ2v) is 24.6. The van der Waals surface area contributed by atoms with Gasteiger partial charge in [-0.05, 0) is 108 Å². The van der Waals surface area contributed by atoms with Crippen molar-refractivity contribution < 1.29 is 0 Å². The van der Waals surface area contributed by atoms with Crippen LogP contribution in [0.3, 0.4) is 0 Å². The first-order valence-corrected chi connectivity index (χ1v) is 30.7. The Hall–Kier alpha value is -11.6. The summed E-state index contributed by atoms with van der Waals surface area (Å²) in [7, 11) is 0. The number of hydrogen-bond donors (Lipinski definition) is 0. The van der Waals surface area contributed by atoms with E-state index in [9.17, 15) is 0 Å². The first-order chi connectivity index (χ1) is 43.8. The summed E-state index contributed by atoms with van der Waals surface area (Å²) in [6.07, 6.45) is 0. The molecule has 2 aliphatic rings. The summed E-state index contributed by atoms with van der Waals surface area (Å²) in [6, 6.07) is 106. The molecule has 0 saturated carbocycles. The standard InChI is InChI=1S/C82H46BN5/c1-5-25-51-47(21-1)41-43-69-71(51)73-53-27-7-3-23-49(53)45-61-76(73)87(69)78-75-79(88-70-44-42-48-22-2-6-26-52(48)72(70)74-54-28-8-4-24-50(54)46-62(77(74)88)83(61)75)81(85-65-37-17-11-31-57(65)58-32-12-18-38-66(58)85)82(86-67-39-19-13-33-59(67)60-34-14-20-40-68(60)86)80(78)84-63-35-15-9-29-55(63)56-30-10-16-36-64(56)84/h1-46H. The highest BCUT2D eigenvalue weighted by Crippen LogP contribution is 2.53. The third-order valence-corrected chi connectivity index (χ3v) is 20.5. The van der Waals surface area contributed by atoms with Crippen LogP contribution in [0.5, 0.6) is 0 Å². The number of benzene rings is 15. The smallest absolute Gasteiger partial charge is 0.252 e. The lowest BCUT2D eigenvalue weighted by atomic mass is 9.34. The Morgan fingerprint density at radius 2 is 0.455 bits per heavy atom. The molecule has 0 fully saturated rings. The van der Waals surface area contributed by atoms with Gasteiger partial charge in [-0.15, -0.1) is 0 Å². The molecule has 22 rings (SSSR count). The summed E-state index contributed by atoms with van der Waals surface area (Å²) >= 11 is 0. The van der Waals surface area contributed by atoms with E-state index in [0.717, 1.165) is 50.2 Å². The number of rotatable bonds is 3. The number of aromatic nitrogens is 5. The molecule has 20 aromatic rings. The Bertz CT molecular complexity index is 6140. The molecular formula is C82H46BN5. The summed E-state index contributed by atoms with van der Waals surface area (Å²) in [5.41, 5.74) is 21.4. The lowest BCUT2D eigenvalue weighted by molar-refractivity contribution is 1.00. The fourth-order valence-corrected chi connectivity index (χ4v) is 17.3. The van der Waals surface area contributed by atoms with Crippen LogP contribution in [0.2, 0.25) is 0 Å². The topological polar surface area (TPSA) is 24.6 Å². The van der Waals surface area contributed by atoms with Crippen LogP contribution in [0.4, 0.5) is 0 Å². The second-order valence-electron chi connectivity index (χ2n) is 24.6. The molecule has 2 aliphatic heterocycles. The minimum atomic E-state index is -0.249. The number of fused-ring (bicyclic) bond motifs is 27. The molecule has 5 nitrogen and oxygen atoms in total. The van der Waals surface area contributed by atoms with Gasteiger partial charge in [0.2, 0.25) is 0 Å². The summed E-state index contributed by atoms with van der Waals surface area (Å²) < 4.78 is 13.6. The zero-order valence-corrected chi connectivity index (χ0v) is 47.4. The molecule has 15 aromatic carbocycles. The summed E-state index contributed by atoms with van der Waals surface area (Å²) in [5, 5.41) is 22.3. The zero-order valence-electron chi connectivity index (χ0n) is 47.4. The van der Waals surface area contributed by atoms with Crippen LogP contribution in [0, 0.1) is 0 Å². The van der Waals surface area contributed by atoms with Crippen molar-refractivity contribution in [3.63, 3.8) is 0 Å². The van der Waals surface area contributed by atoms with Gasteiger partial charge < -0.3 is 22.8 Å². The Balaban J connectivity index is 1.14. The minimum Gasteiger partial charge on any atom is -0.308 e. The van der Waals surface area contributed by atoms with Crippen molar-refractivity contribution in [1.82, 2.24) is 22.8 Å². The van der Waals surface area contributed by atoms with E-state index >= 15 is 0 Å². The molecule has 88 heavy (non-hydrogen) atoms. The van der Waals surface area contributed by atoms with Crippen molar-refractivity contribution in [3.8, 4) is 28.4 Å². The molecule has 5 aromatic heterocycles. The molecule has 0 amide bonds. The van der Waals surface area contributed by atoms with Gasteiger partial charge in [-0.2, -0.15) is 0 Å². The third kappa shape index (κ3) is 5.40. The molecule has 0 saturated heterocycles. The molecule has 0 atom stereocenters. The van der Waals surface area contributed by atoms with Crippen LogP contribution in [-0.2, 0) is 0 Å². The molecule has 0 spiro atoms. The average molecular weight is 1110 g/mol. The molecule has 0 aliphatic carbocycles. The van der Waals surface area contributed by atoms with Crippen molar-refractivity contribution in [3.05, 3.63) is 279 Å². The maximum absolute atomic E-state index is 2.77. The first-order valence-electron chi connectivity index (χ1n) is 30.7. The van der Waals surface area contributed by atoms with E-state index in [-0.39, 0.29) is 6.71 Å². The molecule has 402 valence electrons. The second kappa shape index (κ2) is 16.2. The van der Waals surface area contributed by atoms with E-state index in [1.807, 2.05) is 0 Å². The Morgan fingerprint density at radius 3 is 0.784 bits per heavy atom. The van der Waals surface area contributed by atoms with E-state index in [1.165, 1.54) is 147 Å². The van der Waals surface area contributed by atoms with Crippen molar-refractivity contribution in [1.29, 1.82) is 0 Å². The molecular weight excluding hydrogens is 1070 g/mol. The first kappa shape index (κ1) is 45.8. The van der Waals surface area contributed by atoms with Gasteiger partial charge in [0.15, 0.2) is 0 Å².